The molecule has 1 saturated heterocycles. The molecule has 0 aromatic heterocycles. The first kappa shape index (κ1) is 11.0. The van der Waals surface area contributed by atoms with Crippen molar-refractivity contribution in [3.05, 3.63) is 29.8 Å². The highest BCUT2D eigenvalue weighted by Crippen LogP contribution is 2.24. The van der Waals surface area contributed by atoms with Gasteiger partial charge in [0.15, 0.2) is 0 Å². The lowest BCUT2D eigenvalue weighted by molar-refractivity contribution is -0.142. The Morgan fingerprint density at radius 1 is 1.31 bits per heavy atom. The van der Waals surface area contributed by atoms with E-state index in [4.69, 9.17) is 4.74 Å². The van der Waals surface area contributed by atoms with Gasteiger partial charge in [-0.3, -0.25) is 4.79 Å². The molecule has 0 aliphatic carbocycles. The third-order valence-corrected chi connectivity index (χ3v) is 2.87. The smallest absolute Gasteiger partial charge is 0.302 e. The van der Waals surface area contributed by atoms with E-state index in [-0.39, 0.29) is 5.97 Å². The normalized spacial score (nSPS) is 15.2. The van der Waals surface area contributed by atoms with Crippen LogP contribution in [0.25, 0.3) is 0 Å². The Labute approximate surface area is 96.0 Å². The molecule has 1 heterocycles. The van der Waals surface area contributed by atoms with E-state index in [9.17, 15) is 4.79 Å². The monoisotopic (exact) mass is 219 g/mol. The largest absolute Gasteiger partial charge is 0.461 e. The summed E-state index contributed by atoms with van der Waals surface area (Å²) in [5, 5.41) is 0. The van der Waals surface area contributed by atoms with Gasteiger partial charge in [-0.25, -0.2) is 0 Å². The van der Waals surface area contributed by atoms with Gasteiger partial charge < -0.3 is 9.64 Å². The highest BCUT2D eigenvalue weighted by molar-refractivity contribution is 5.66. The molecular formula is C13H17NO2. The van der Waals surface area contributed by atoms with E-state index in [1.54, 1.807) is 0 Å². The summed E-state index contributed by atoms with van der Waals surface area (Å²) in [4.78, 5) is 13.2. The summed E-state index contributed by atoms with van der Waals surface area (Å²) in [5.41, 5.74) is 2.31. The first-order valence-corrected chi connectivity index (χ1v) is 5.73. The van der Waals surface area contributed by atoms with Gasteiger partial charge in [0.05, 0.1) is 0 Å². The molecule has 1 aliphatic rings. The number of para-hydroxylation sites is 1. The molecule has 0 N–H and O–H groups in total. The number of esters is 1. The van der Waals surface area contributed by atoms with E-state index in [2.05, 4.69) is 11.0 Å². The lowest BCUT2D eigenvalue weighted by Gasteiger charge is -2.21. The molecule has 0 radical (unpaired) electrons. The van der Waals surface area contributed by atoms with Crippen molar-refractivity contribution in [2.24, 2.45) is 0 Å². The Bertz CT molecular complexity index is 370. The van der Waals surface area contributed by atoms with Gasteiger partial charge in [0.2, 0.25) is 0 Å². The second-order valence-corrected chi connectivity index (χ2v) is 4.10. The molecule has 3 nitrogen and oxygen atoms in total. The molecule has 0 atom stereocenters. The Morgan fingerprint density at radius 3 is 2.69 bits per heavy atom. The Balaban J connectivity index is 2.13. The molecule has 0 spiro atoms. The van der Waals surface area contributed by atoms with E-state index in [0.29, 0.717) is 6.61 Å². The first-order valence-electron chi connectivity index (χ1n) is 5.73. The molecular weight excluding hydrogens is 202 g/mol. The average Bonchev–Trinajstić information content (AvgIpc) is 2.80. The number of anilines is 1. The van der Waals surface area contributed by atoms with Crippen molar-refractivity contribution in [3.63, 3.8) is 0 Å². The Morgan fingerprint density at radius 2 is 2.00 bits per heavy atom. The summed E-state index contributed by atoms with van der Waals surface area (Å²) in [6.07, 6.45) is 2.50. The topological polar surface area (TPSA) is 29.5 Å². The number of hydrogen-bond acceptors (Lipinski definition) is 3. The van der Waals surface area contributed by atoms with Crippen LogP contribution in [0.4, 0.5) is 5.69 Å². The maximum absolute atomic E-state index is 10.8. The van der Waals surface area contributed by atoms with Gasteiger partial charge in [0, 0.05) is 31.3 Å². The molecule has 0 saturated carbocycles. The minimum Gasteiger partial charge on any atom is -0.461 e. The van der Waals surface area contributed by atoms with Gasteiger partial charge in [-0.2, -0.15) is 0 Å². The molecule has 1 aromatic rings. The Hall–Kier alpha value is -1.51. The van der Waals surface area contributed by atoms with Crippen LogP contribution < -0.4 is 4.90 Å². The first-order chi connectivity index (χ1) is 7.77. The predicted molar refractivity (Wildman–Crippen MR) is 63.4 cm³/mol. The van der Waals surface area contributed by atoms with Crippen molar-refractivity contribution in [2.75, 3.05) is 18.0 Å². The molecule has 16 heavy (non-hydrogen) atoms. The van der Waals surface area contributed by atoms with Crippen LogP contribution in [-0.4, -0.2) is 19.1 Å². The van der Waals surface area contributed by atoms with E-state index < -0.39 is 0 Å². The van der Waals surface area contributed by atoms with Gasteiger partial charge >= 0.3 is 5.97 Å². The maximum atomic E-state index is 10.8. The van der Waals surface area contributed by atoms with Crippen molar-refractivity contribution < 1.29 is 9.53 Å². The van der Waals surface area contributed by atoms with E-state index in [0.717, 1.165) is 18.7 Å². The average molecular weight is 219 g/mol. The summed E-state index contributed by atoms with van der Waals surface area (Å²) in [6, 6.07) is 8.14. The van der Waals surface area contributed by atoms with Crippen molar-refractivity contribution in [2.45, 2.75) is 26.4 Å². The summed E-state index contributed by atoms with van der Waals surface area (Å²) in [5.74, 6) is -0.226. The number of benzene rings is 1. The molecule has 0 unspecified atom stereocenters. The minimum atomic E-state index is -0.226. The van der Waals surface area contributed by atoms with E-state index in [1.807, 2.05) is 18.2 Å². The number of hydrogen-bond donors (Lipinski definition) is 0. The molecule has 3 heteroatoms. The van der Waals surface area contributed by atoms with Crippen LogP contribution >= 0.6 is 0 Å². The summed E-state index contributed by atoms with van der Waals surface area (Å²) < 4.78 is 5.06. The van der Waals surface area contributed by atoms with Gasteiger partial charge in [-0.15, -0.1) is 0 Å². The van der Waals surface area contributed by atoms with Crippen molar-refractivity contribution in [1.82, 2.24) is 0 Å². The number of rotatable bonds is 3. The van der Waals surface area contributed by atoms with Crippen molar-refractivity contribution in [1.29, 1.82) is 0 Å². The molecule has 1 fully saturated rings. The fraction of sp³-hybridized carbons (Fsp3) is 0.462. The molecule has 0 bridgehead atoms. The second-order valence-electron chi connectivity index (χ2n) is 4.10. The number of carbonyl (C=O) groups is 1. The highest BCUT2D eigenvalue weighted by atomic mass is 16.5. The van der Waals surface area contributed by atoms with Gasteiger partial charge in [0.25, 0.3) is 0 Å². The third-order valence-electron chi connectivity index (χ3n) is 2.87. The molecule has 0 amide bonds. The van der Waals surface area contributed by atoms with Crippen LogP contribution in [0.3, 0.4) is 0 Å². The van der Waals surface area contributed by atoms with Crippen molar-refractivity contribution >= 4 is 11.7 Å². The summed E-state index contributed by atoms with van der Waals surface area (Å²) in [6.45, 7) is 4.04. The standard InChI is InChI=1S/C13H17NO2/c1-11(15)16-10-12-6-2-3-7-13(12)14-8-4-5-9-14/h2-3,6-7H,4-5,8-10H2,1H3. The molecule has 1 aromatic carbocycles. The fourth-order valence-corrected chi connectivity index (χ4v) is 2.08. The van der Waals surface area contributed by atoms with Crippen LogP contribution in [0.1, 0.15) is 25.3 Å². The summed E-state index contributed by atoms with van der Waals surface area (Å²) >= 11 is 0. The third kappa shape index (κ3) is 2.54. The molecule has 1 aliphatic heterocycles. The van der Waals surface area contributed by atoms with Crippen LogP contribution in [0.5, 0.6) is 0 Å². The zero-order valence-corrected chi connectivity index (χ0v) is 9.61. The molecule has 86 valence electrons. The lowest BCUT2D eigenvalue weighted by Crippen LogP contribution is -2.19. The molecule has 2 rings (SSSR count). The van der Waals surface area contributed by atoms with Gasteiger partial charge in [-0.05, 0) is 18.9 Å². The van der Waals surface area contributed by atoms with E-state index in [1.165, 1.54) is 25.5 Å². The minimum absolute atomic E-state index is 0.226. The second kappa shape index (κ2) is 5.01. The predicted octanol–water partition coefficient (Wildman–Crippen LogP) is 2.35. The lowest BCUT2D eigenvalue weighted by atomic mass is 10.1. The maximum Gasteiger partial charge on any atom is 0.302 e. The Kier molecular flexibility index (Phi) is 3.44. The van der Waals surface area contributed by atoms with E-state index >= 15 is 0 Å². The van der Waals surface area contributed by atoms with Crippen LogP contribution in [-0.2, 0) is 16.1 Å². The van der Waals surface area contributed by atoms with Gasteiger partial charge in [0.1, 0.15) is 6.61 Å². The number of carbonyl (C=O) groups excluding carboxylic acids is 1. The quantitative estimate of drug-likeness (QED) is 0.731. The zero-order valence-electron chi connectivity index (χ0n) is 9.61. The fourth-order valence-electron chi connectivity index (χ4n) is 2.08. The number of nitrogens with zero attached hydrogens (tertiary/aromatic N) is 1. The highest BCUT2D eigenvalue weighted by Gasteiger charge is 2.15. The van der Waals surface area contributed by atoms with Crippen LogP contribution in [0.15, 0.2) is 24.3 Å². The van der Waals surface area contributed by atoms with Crippen molar-refractivity contribution in [3.8, 4) is 0 Å². The zero-order chi connectivity index (χ0) is 11.4. The SMILES string of the molecule is CC(=O)OCc1ccccc1N1CCCC1. The van der Waals surface area contributed by atoms with Crippen LogP contribution in [0, 0.1) is 0 Å². The number of ether oxygens (including phenoxy) is 1. The summed E-state index contributed by atoms with van der Waals surface area (Å²) in [7, 11) is 0. The van der Waals surface area contributed by atoms with Gasteiger partial charge in [-0.1, -0.05) is 18.2 Å². The van der Waals surface area contributed by atoms with Crippen LogP contribution in [0.2, 0.25) is 0 Å².